The fourth-order valence-electron chi connectivity index (χ4n) is 9.26. The largest absolute Gasteiger partial charge is 0.309 e. The smallest absolute Gasteiger partial charge is 0.161 e. The third-order valence-electron chi connectivity index (χ3n) is 12.0. The van der Waals surface area contributed by atoms with Gasteiger partial charge in [0.25, 0.3) is 0 Å². The molecule has 12 rings (SSSR count). The van der Waals surface area contributed by atoms with E-state index in [9.17, 15) is 0 Å². The molecule has 0 bridgehead atoms. The van der Waals surface area contributed by atoms with Crippen molar-refractivity contribution >= 4 is 54.3 Å². The average Bonchev–Trinajstić information content (AvgIpc) is 3.68. The summed E-state index contributed by atoms with van der Waals surface area (Å²) < 4.78 is 2.38. The minimum Gasteiger partial charge on any atom is -0.309 e. The standard InChI is InChI=1S/C57H36N4/c1-4-18-39(19-5-1)55-51(56(40-20-6-2-7-21-40)60-57(59-55)44-28-16-22-37-17-10-11-25-43(37)44)38-31-33-41(34-32-38)54-47-35-36-50-53(52(47)45-26-12-14-29-48(45)58-54)46-27-13-15-30-49(46)61(50)42-23-8-3-9-24-42/h1-36H. The first-order valence-electron chi connectivity index (χ1n) is 20.7. The Balaban J connectivity index is 1.09. The van der Waals surface area contributed by atoms with Crippen molar-refractivity contribution in [3.63, 3.8) is 0 Å². The lowest BCUT2D eigenvalue weighted by atomic mass is 9.92. The molecule has 4 heteroatoms. The monoisotopic (exact) mass is 776 g/mol. The van der Waals surface area contributed by atoms with E-state index in [-0.39, 0.29) is 0 Å². The summed E-state index contributed by atoms with van der Waals surface area (Å²) >= 11 is 0. The topological polar surface area (TPSA) is 43.6 Å². The van der Waals surface area contributed by atoms with E-state index in [4.69, 9.17) is 15.0 Å². The fraction of sp³-hybridized carbons (Fsp3) is 0. The van der Waals surface area contributed by atoms with Crippen molar-refractivity contribution in [1.29, 1.82) is 0 Å². The van der Waals surface area contributed by atoms with Gasteiger partial charge in [0, 0.05) is 60.4 Å². The molecule has 3 heterocycles. The molecular weight excluding hydrogens is 741 g/mol. The van der Waals surface area contributed by atoms with Gasteiger partial charge in [-0.3, -0.25) is 0 Å². The Morgan fingerprint density at radius 2 is 0.869 bits per heavy atom. The van der Waals surface area contributed by atoms with Gasteiger partial charge in [-0.15, -0.1) is 0 Å². The van der Waals surface area contributed by atoms with Crippen LogP contribution in [-0.4, -0.2) is 19.5 Å². The average molecular weight is 777 g/mol. The van der Waals surface area contributed by atoms with Crippen molar-refractivity contribution in [1.82, 2.24) is 19.5 Å². The maximum Gasteiger partial charge on any atom is 0.161 e. The van der Waals surface area contributed by atoms with E-state index < -0.39 is 0 Å². The van der Waals surface area contributed by atoms with Gasteiger partial charge in [-0.1, -0.05) is 188 Å². The molecule has 0 atom stereocenters. The number of fused-ring (bicyclic) bond motifs is 8. The Bertz CT molecular complexity index is 3550. The van der Waals surface area contributed by atoms with Gasteiger partial charge in [-0.05, 0) is 46.7 Å². The molecule has 0 saturated heterocycles. The van der Waals surface area contributed by atoms with Gasteiger partial charge in [0.2, 0.25) is 0 Å². The zero-order chi connectivity index (χ0) is 40.3. The quantitative estimate of drug-likeness (QED) is 0.158. The Kier molecular flexibility index (Phi) is 8.13. The van der Waals surface area contributed by atoms with E-state index in [2.05, 4.69) is 223 Å². The van der Waals surface area contributed by atoms with Crippen molar-refractivity contribution in [3.05, 3.63) is 218 Å². The third kappa shape index (κ3) is 5.72. The lowest BCUT2D eigenvalue weighted by Gasteiger charge is -2.18. The van der Waals surface area contributed by atoms with E-state index in [1.165, 1.54) is 27.2 Å². The molecule has 0 radical (unpaired) electrons. The predicted octanol–water partition coefficient (Wildman–Crippen LogP) is 14.8. The van der Waals surface area contributed by atoms with Crippen LogP contribution in [0.15, 0.2) is 218 Å². The number of hydrogen-bond acceptors (Lipinski definition) is 3. The Labute approximate surface area is 352 Å². The molecule has 0 saturated carbocycles. The number of benzene rings is 9. The molecule has 0 aliphatic heterocycles. The first-order valence-corrected chi connectivity index (χ1v) is 20.7. The maximum absolute atomic E-state index is 5.43. The van der Waals surface area contributed by atoms with Gasteiger partial charge in [0.15, 0.2) is 5.82 Å². The summed E-state index contributed by atoms with van der Waals surface area (Å²) in [4.78, 5) is 16.3. The highest BCUT2D eigenvalue weighted by Gasteiger charge is 2.23. The van der Waals surface area contributed by atoms with E-state index in [0.717, 1.165) is 83.2 Å². The molecule has 9 aromatic carbocycles. The molecule has 0 N–H and O–H groups in total. The molecule has 0 unspecified atom stereocenters. The van der Waals surface area contributed by atoms with E-state index in [1.807, 2.05) is 0 Å². The molecule has 4 nitrogen and oxygen atoms in total. The van der Waals surface area contributed by atoms with Crippen LogP contribution in [-0.2, 0) is 0 Å². The van der Waals surface area contributed by atoms with Crippen molar-refractivity contribution < 1.29 is 0 Å². The number of aromatic nitrogens is 4. The summed E-state index contributed by atoms with van der Waals surface area (Å²) in [7, 11) is 0. The highest BCUT2D eigenvalue weighted by atomic mass is 15.0. The molecule has 0 spiro atoms. The van der Waals surface area contributed by atoms with Gasteiger partial charge in [-0.2, -0.15) is 0 Å². The van der Waals surface area contributed by atoms with Crippen LogP contribution in [0.2, 0.25) is 0 Å². The highest BCUT2D eigenvalue weighted by Crippen LogP contribution is 2.44. The van der Waals surface area contributed by atoms with Crippen molar-refractivity contribution in [2.24, 2.45) is 0 Å². The third-order valence-corrected chi connectivity index (χ3v) is 12.0. The van der Waals surface area contributed by atoms with Gasteiger partial charge in [-0.25, -0.2) is 15.0 Å². The number of rotatable bonds is 6. The van der Waals surface area contributed by atoms with Crippen LogP contribution in [0, 0.1) is 0 Å². The second-order valence-electron chi connectivity index (χ2n) is 15.5. The van der Waals surface area contributed by atoms with Crippen LogP contribution >= 0.6 is 0 Å². The van der Waals surface area contributed by atoms with E-state index in [0.29, 0.717) is 5.82 Å². The molecule has 0 aliphatic rings. The first kappa shape index (κ1) is 34.8. The van der Waals surface area contributed by atoms with E-state index >= 15 is 0 Å². The Morgan fingerprint density at radius 1 is 0.311 bits per heavy atom. The summed E-state index contributed by atoms with van der Waals surface area (Å²) in [6, 6.07) is 77.1. The minimum atomic E-state index is 0.696. The van der Waals surface area contributed by atoms with Crippen molar-refractivity contribution in [3.8, 4) is 62.0 Å². The molecule has 0 fully saturated rings. The summed E-state index contributed by atoms with van der Waals surface area (Å²) in [5, 5.41) is 8.20. The van der Waals surface area contributed by atoms with Crippen LogP contribution in [0.4, 0.5) is 0 Å². The van der Waals surface area contributed by atoms with Gasteiger partial charge >= 0.3 is 0 Å². The van der Waals surface area contributed by atoms with Crippen LogP contribution in [0.5, 0.6) is 0 Å². The molecule has 61 heavy (non-hydrogen) atoms. The number of hydrogen-bond donors (Lipinski definition) is 0. The van der Waals surface area contributed by atoms with Gasteiger partial charge in [0.1, 0.15) is 0 Å². The Morgan fingerprint density at radius 3 is 1.59 bits per heavy atom. The van der Waals surface area contributed by atoms with Gasteiger partial charge in [0.05, 0.1) is 33.6 Å². The second-order valence-corrected chi connectivity index (χ2v) is 15.5. The summed E-state index contributed by atoms with van der Waals surface area (Å²) in [5.41, 5.74) is 13.3. The summed E-state index contributed by atoms with van der Waals surface area (Å²) in [6.45, 7) is 0. The van der Waals surface area contributed by atoms with Crippen LogP contribution in [0.25, 0.3) is 116 Å². The lowest BCUT2D eigenvalue weighted by Crippen LogP contribution is -2.01. The molecule has 0 aliphatic carbocycles. The lowest BCUT2D eigenvalue weighted by molar-refractivity contribution is 1.18. The number of para-hydroxylation sites is 3. The molecule has 12 aromatic rings. The second kappa shape index (κ2) is 14.3. The Hall–Kier alpha value is -8.21. The molecule has 3 aromatic heterocycles. The van der Waals surface area contributed by atoms with Crippen LogP contribution in [0.3, 0.4) is 0 Å². The fourth-order valence-corrected chi connectivity index (χ4v) is 9.26. The SMILES string of the molecule is c1ccc(-c2nc(-c3cccc4ccccc34)nc(-c3ccccc3)c2-c2ccc(-c3nc4ccccc4c4c3ccc3c4c4ccccc4n3-c3ccccc3)cc2)cc1. The van der Waals surface area contributed by atoms with Crippen molar-refractivity contribution in [2.75, 3.05) is 0 Å². The zero-order valence-corrected chi connectivity index (χ0v) is 33.1. The number of nitrogens with zero attached hydrogens (tertiary/aromatic N) is 4. The zero-order valence-electron chi connectivity index (χ0n) is 33.1. The van der Waals surface area contributed by atoms with Crippen LogP contribution < -0.4 is 0 Å². The first-order chi connectivity index (χ1) is 30.3. The van der Waals surface area contributed by atoms with Gasteiger partial charge < -0.3 is 4.57 Å². The predicted molar refractivity (Wildman–Crippen MR) is 254 cm³/mol. The van der Waals surface area contributed by atoms with Crippen LogP contribution in [0.1, 0.15) is 0 Å². The summed E-state index contributed by atoms with van der Waals surface area (Å²) in [5.74, 6) is 0.696. The molecule has 0 amide bonds. The highest BCUT2D eigenvalue weighted by molar-refractivity contribution is 6.29. The molecule has 284 valence electrons. The number of pyridine rings is 1. The maximum atomic E-state index is 5.43. The summed E-state index contributed by atoms with van der Waals surface area (Å²) in [6.07, 6.45) is 0. The molecular formula is C57H36N4. The van der Waals surface area contributed by atoms with E-state index in [1.54, 1.807) is 0 Å². The minimum absolute atomic E-state index is 0.696. The normalized spacial score (nSPS) is 11.6. The van der Waals surface area contributed by atoms with Crippen molar-refractivity contribution in [2.45, 2.75) is 0 Å².